The fraction of sp³-hybridized carbons (Fsp3) is 0.571. The zero-order valence-corrected chi connectivity index (χ0v) is 9.90. The molecule has 0 aliphatic heterocycles. The first-order valence-corrected chi connectivity index (χ1v) is 5.86. The molecule has 98 valence electrons. The number of hydrogen-bond donors (Lipinski definition) is 0. The van der Waals surface area contributed by atoms with Crippen molar-refractivity contribution in [1.82, 2.24) is 9.55 Å². The van der Waals surface area contributed by atoms with Crippen LogP contribution >= 0.6 is 23.5 Å². The molecule has 2 nitrogen and oxygen atoms in total. The molecule has 0 atom stereocenters. The average Bonchev–Trinajstić information content (AvgIpc) is 2.38. The van der Waals surface area contributed by atoms with E-state index in [1.165, 1.54) is 7.05 Å². The number of halogens is 6. The molecule has 0 N–H and O–H groups in total. The minimum atomic E-state index is -4.50. The zero-order valence-electron chi connectivity index (χ0n) is 8.26. The summed E-state index contributed by atoms with van der Waals surface area (Å²) in [5, 5.41) is -0.473. The van der Waals surface area contributed by atoms with E-state index < -0.39 is 29.2 Å². The minimum absolute atomic E-state index is 0.103. The second-order valence-corrected chi connectivity index (χ2v) is 4.95. The molecule has 0 radical (unpaired) electrons. The summed E-state index contributed by atoms with van der Waals surface area (Å²) in [7, 11) is 1.34. The van der Waals surface area contributed by atoms with Gasteiger partial charge in [0, 0.05) is 25.0 Å². The highest BCUT2D eigenvalue weighted by Gasteiger charge is 2.32. The highest BCUT2D eigenvalue weighted by Crippen LogP contribution is 2.37. The lowest BCUT2D eigenvalue weighted by molar-refractivity contribution is -0.105. The van der Waals surface area contributed by atoms with Gasteiger partial charge in [0.25, 0.3) is 0 Å². The van der Waals surface area contributed by atoms with Crippen LogP contribution in [0, 0.1) is 0 Å². The Bertz CT molecular complexity index is 383. The van der Waals surface area contributed by atoms with Crippen LogP contribution in [0.15, 0.2) is 16.4 Å². The van der Waals surface area contributed by atoms with Crippen LogP contribution in [0.5, 0.6) is 0 Å². The molecule has 10 heteroatoms. The van der Waals surface area contributed by atoms with Crippen molar-refractivity contribution in [1.29, 1.82) is 0 Å². The van der Waals surface area contributed by atoms with Crippen LogP contribution in [0.4, 0.5) is 26.3 Å². The van der Waals surface area contributed by atoms with Crippen molar-refractivity contribution < 1.29 is 26.3 Å². The molecular weight excluding hydrogens is 290 g/mol. The quantitative estimate of drug-likeness (QED) is 0.626. The van der Waals surface area contributed by atoms with Gasteiger partial charge in [-0.2, -0.15) is 26.3 Å². The number of nitrogens with zero attached hydrogens (tertiary/aromatic N) is 2. The van der Waals surface area contributed by atoms with E-state index in [0.29, 0.717) is 11.8 Å². The van der Waals surface area contributed by atoms with Gasteiger partial charge in [0.2, 0.25) is 0 Å². The maximum Gasteiger partial charge on any atom is 0.447 e. The van der Waals surface area contributed by atoms with E-state index >= 15 is 0 Å². The molecule has 0 amide bonds. The summed E-state index contributed by atoms with van der Waals surface area (Å²) in [5.41, 5.74) is -4.50. The monoisotopic (exact) mass is 296 g/mol. The van der Waals surface area contributed by atoms with Gasteiger partial charge in [0.1, 0.15) is 5.03 Å². The van der Waals surface area contributed by atoms with Gasteiger partial charge in [-0.05, 0) is 0 Å². The van der Waals surface area contributed by atoms with Crippen LogP contribution in [-0.4, -0.2) is 27.0 Å². The topological polar surface area (TPSA) is 17.8 Å². The van der Waals surface area contributed by atoms with Crippen LogP contribution in [0.3, 0.4) is 0 Å². The van der Waals surface area contributed by atoms with Gasteiger partial charge in [-0.3, -0.25) is 0 Å². The molecule has 1 aromatic heterocycles. The number of aromatic nitrogens is 2. The average molecular weight is 296 g/mol. The van der Waals surface area contributed by atoms with E-state index in [1.54, 1.807) is 0 Å². The molecule has 1 aromatic rings. The maximum atomic E-state index is 12.0. The van der Waals surface area contributed by atoms with E-state index in [9.17, 15) is 26.3 Å². The second-order valence-electron chi connectivity index (χ2n) is 2.92. The standard InChI is InChI=1S/C7H6F6N2S2/c1-15-2-4(17-7(11,12)13)14-5(15)16-3-6(8,9)10/h2H,3H2,1H3. The molecule has 0 spiro atoms. The first-order valence-electron chi connectivity index (χ1n) is 4.05. The summed E-state index contributed by atoms with van der Waals surface area (Å²) in [6.07, 6.45) is -3.34. The lowest BCUT2D eigenvalue weighted by Crippen LogP contribution is -2.11. The summed E-state index contributed by atoms with van der Waals surface area (Å²) in [6, 6.07) is 0. The van der Waals surface area contributed by atoms with Gasteiger partial charge < -0.3 is 4.57 Å². The summed E-state index contributed by atoms with van der Waals surface area (Å²) >= 11 is -0.110. The van der Waals surface area contributed by atoms with E-state index in [0.717, 1.165) is 10.8 Å². The number of aryl methyl sites for hydroxylation is 1. The molecule has 0 fully saturated rings. The molecule has 0 aromatic carbocycles. The second kappa shape index (κ2) is 5.01. The third kappa shape index (κ3) is 5.57. The minimum Gasteiger partial charge on any atom is -0.328 e. The van der Waals surface area contributed by atoms with Crippen molar-refractivity contribution in [3.8, 4) is 0 Å². The largest absolute Gasteiger partial charge is 0.447 e. The molecule has 0 saturated carbocycles. The number of thioether (sulfide) groups is 2. The predicted molar refractivity (Wildman–Crippen MR) is 51.9 cm³/mol. The first-order chi connectivity index (χ1) is 7.57. The van der Waals surface area contributed by atoms with Crippen LogP contribution in [0.25, 0.3) is 0 Å². The molecule has 0 aliphatic rings. The van der Waals surface area contributed by atoms with E-state index in [-0.39, 0.29) is 10.2 Å². The number of hydrogen-bond acceptors (Lipinski definition) is 3. The Morgan fingerprint density at radius 3 is 2.29 bits per heavy atom. The van der Waals surface area contributed by atoms with E-state index in [4.69, 9.17) is 0 Å². The number of rotatable bonds is 3. The Morgan fingerprint density at radius 2 is 1.82 bits per heavy atom. The van der Waals surface area contributed by atoms with Gasteiger partial charge in [-0.25, -0.2) is 4.98 Å². The highest BCUT2D eigenvalue weighted by atomic mass is 32.2. The fourth-order valence-corrected chi connectivity index (χ4v) is 2.22. The van der Waals surface area contributed by atoms with Crippen molar-refractivity contribution in [2.24, 2.45) is 7.05 Å². The molecule has 0 aliphatic carbocycles. The Labute approximate surface area is 101 Å². The fourth-order valence-electron chi connectivity index (χ4n) is 0.871. The van der Waals surface area contributed by atoms with Crippen LogP contribution in [-0.2, 0) is 7.05 Å². The van der Waals surface area contributed by atoms with Gasteiger partial charge in [0.15, 0.2) is 5.16 Å². The summed E-state index contributed by atoms with van der Waals surface area (Å²) in [5.74, 6) is -1.19. The van der Waals surface area contributed by atoms with Gasteiger partial charge in [-0.15, -0.1) is 0 Å². The molecule has 1 rings (SSSR count). The third-order valence-corrected chi connectivity index (χ3v) is 3.14. The summed E-state index contributed by atoms with van der Waals surface area (Å²) < 4.78 is 72.8. The van der Waals surface area contributed by atoms with Crippen molar-refractivity contribution in [2.75, 3.05) is 5.75 Å². The molecular formula is C7H6F6N2S2. The van der Waals surface area contributed by atoms with Crippen molar-refractivity contribution in [3.63, 3.8) is 0 Å². The van der Waals surface area contributed by atoms with Crippen LogP contribution in [0.1, 0.15) is 0 Å². The lowest BCUT2D eigenvalue weighted by Gasteiger charge is -2.04. The smallest absolute Gasteiger partial charge is 0.328 e. The van der Waals surface area contributed by atoms with E-state index in [2.05, 4.69) is 4.98 Å². The molecule has 0 unspecified atom stereocenters. The van der Waals surface area contributed by atoms with Gasteiger partial charge in [-0.1, -0.05) is 11.8 Å². The third-order valence-electron chi connectivity index (χ3n) is 1.40. The van der Waals surface area contributed by atoms with Gasteiger partial charge >= 0.3 is 11.7 Å². The zero-order chi connectivity index (χ0) is 13.3. The SMILES string of the molecule is Cn1cc(SC(F)(F)F)nc1SCC(F)(F)F. The van der Waals surface area contributed by atoms with Crippen LogP contribution < -0.4 is 0 Å². The molecule has 0 bridgehead atoms. The lowest BCUT2D eigenvalue weighted by atomic mass is 10.8. The highest BCUT2D eigenvalue weighted by molar-refractivity contribution is 8.00. The molecule has 0 saturated heterocycles. The first kappa shape index (κ1) is 14.6. The normalized spacial score (nSPS) is 13.1. The summed E-state index contributed by atoms with van der Waals surface area (Å²) in [6.45, 7) is 0. The predicted octanol–water partition coefficient (Wildman–Crippen LogP) is 3.69. The summed E-state index contributed by atoms with van der Waals surface area (Å²) in [4.78, 5) is 3.47. The number of alkyl halides is 6. The number of imidazole rings is 1. The van der Waals surface area contributed by atoms with Crippen molar-refractivity contribution in [3.05, 3.63) is 6.20 Å². The Balaban J connectivity index is 2.69. The molecule has 1 heterocycles. The Hall–Kier alpha value is -0.510. The van der Waals surface area contributed by atoms with Crippen LogP contribution in [0.2, 0.25) is 0 Å². The van der Waals surface area contributed by atoms with Crippen molar-refractivity contribution >= 4 is 23.5 Å². The van der Waals surface area contributed by atoms with Crippen molar-refractivity contribution in [2.45, 2.75) is 21.9 Å². The maximum absolute atomic E-state index is 12.0. The Kier molecular flexibility index (Phi) is 4.28. The Morgan fingerprint density at radius 1 is 1.24 bits per heavy atom. The molecule has 17 heavy (non-hydrogen) atoms. The van der Waals surface area contributed by atoms with E-state index in [1.807, 2.05) is 0 Å². The van der Waals surface area contributed by atoms with Gasteiger partial charge in [0.05, 0.1) is 5.75 Å².